The van der Waals surface area contributed by atoms with Crippen LogP contribution in [0.25, 0.3) is 22.6 Å². The number of thioether (sulfide) groups is 1. The molecule has 1 aliphatic rings. The Morgan fingerprint density at radius 2 is 1.63 bits per heavy atom. The average molecular weight is 680 g/mol. The standard InChI is InChI=1S/C38H37N3O7S/c1-2-45-33(43)22-39-37(44)40-30-15-9-14-29(20-30)36-46-31(21-32(47-36)26-18-16-25(23-42)17-19-26)24-49-38-41-34(27-10-5-3-6-11-27)35(48-38)28-12-7-4-8-13-28/h3-20,31-32,36,42H,2,21-24H2,1H3,(H2,39,40,44)/t31-,32+,36+/m1/s1. The van der Waals surface area contributed by atoms with Crippen LogP contribution in [0.5, 0.6) is 0 Å². The molecule has 10 nitrogen and oxygen atoms in total. The molecule has 0 bridgehead atoms. The fourth-order valence-corrected chi connectivity index (χ4v) is 6.27. The Balaban J connectivity index is 1.21. The first-order valence-corrected chi connectivity index (χ1v) is 17.0. The number of rotatable bonds is 12. The maximum absolute atomic E-state index is 12.4. The van der Waals surface area contributed by atoms with Gasteiger partial charge >= 0.3 is 12.0 Å². The minimum atomic E-state index is -0.740. The number of aliphatic hydroxyl groups is 1. The number of nitrogens with one attached hydrogen (secondary N) is 2. The molecule has 0 spiro atoms. The summed E-state index contributed by atoms with van der Waals surface area (Å²) < 4.78 is 24.2. The predicted molar refractivity (Wildman–Crippen MR) is 187 cm³/mol. The van der Waals surface area contributed by atoms with Crippen molar-refractivity contribution in [2.24, 2.45) is 0 Å². The number of hydrogen-bond donors (Lipinski definition) is 3. The molecular formula is C38H37N3O7S. The van der Waals surface area contributed by atoms with Crippen LogP contribution in [0.3, 0.4) is 0 Å². The molecule has 49 heavy (non-hydrogen) atoms. The van der Waals surface area contributed by atoms with E-state index in [2.05, 4.69) is 10.6 Å². The Kier molecular flexibility index (Phi) is 11.4. The van der Waals surface area contributed by atoms with Crippen molar-refractivity contribution in [3.05, 3.63) is 126 Å². The van der Waals surface area contributed by atoms with E-state index in [-0.39, 0.29) is 32.0 Å². The van der Waals surface area contributed by atoms with Gasteiger partial charge in [0.2, 0.25) is 0 Å². The van der Waals surface area contributed by atoms with E-state index in [1.165, 1.54) is 11.8 Å². The van der Waals surface area contributed by atoms with Crippen LogP contribution in [-0.4, -0.2) is 47.1 Å². The Hall–Kier alpha value is -4.94. The van der Waals surface area contributed by atoms with Gasteiger partial charge in [-0.3, -0.25) is 4.79 Å². The number of esters is 1. The second-order valence-electron chi connectivity index (χ2n) is 11.3. The highest BCUT2D eigenvalue weighted by molar-refractivity contribution is 7.99. The molecule has 0 radical (unpaired) electrons. The fraction of sp³-hybridized carbons (Fsp3) is 0.237. The Morgan fingerprint density at radius 1 is 0.898 bits per heavy atom. The normalized spacial score (nSPS) is 17.3. The third kappa shape index (κ3) is 8.95. The van der Waals surface area contributed by atoms with Crippen LogP contribution in [0, 0.1) is 0 Å². The summed E-state index contributed by atoms with van der Waals surface area (Å²) in [5.41, 5.74) is 5.68. The van der Waals surface area contributed by atoms with Crippen LogP contribution >= 0.6 is 11.8 Å². The molecule has 11 heteroatoms. The first kappa shape index (κ1) is 33.9. The molecule has 0 unspecified atom stereocenters. The number of oxazole rings is 1. The number of carbonyl (C=O) groups is 2. The monoisotopic (exact) mass is 679 g/mol. The lowest BCUT2D eigenvalue weighted by Crippen LogP contribution is -2.34. The van der Waals surface area contributed by atoms with E-state index in [9.17, 15) is 14.7 Å². The summed E-state index contributed by atoms with van der Waals surface area (Å²) in [5.74, 6) is 0.731. The molecule has 2 heterocycles. The average Bonchev–Trinajstić information content (AvgIpc) is 3.58. The maximum Gasteiger partial charge on any atom is 0.325 e. The van der Waals surface area contributed by atoms with Gasteiger partial charge in [-0.05, 0) is 30.2 Å². The number of nitrogens with zero attached hydrogens (tertiary/aromatic N) is 1. The zero-order valence-electron chi connectivity index (χ0n) is 26.9. The van der Waals surface area contributed by atoms with Gasteiger partial charge in [0.25, 0.3) is 5.22 Å². The summed E-state index contributed by atoms with van der Waals surface area (Å²) in [7, 11) is 0. The molecule has 2 amide bonds. The van der Waals surface area contributed by atoms with Crippen LogP contribution in [0.15, 0.2) is 119 Å². The summed E-state index contributed by atoms with van der Waals surface area (Å²) in [5, 5.41) is 15.3. The lowest BCUT2D eigenvalue weighted by Gasteiger charge is -2.36. The molecule has 1 aliphatic heterocycles. The summed E-state index contributed by atoms with van der Waals surface area (Å²) >= 11 is 1.48. The number of hydrogen-bond acceptors (Lipinski definition) is 9. The summed E-state index contributed by atoms with van der Waals surface area (Å²) in [6.07, 6.45) is -0.710. The fourth-order valence-electron chi connectivity index (χ4n) is 5.43. The largest absolute Gasteiger partial charge is 0.465 e. The van der Waals surface area contributed by atoms with Gasteiger partial charge in [0.1, 0.15) is 12.2 Å². The number of aromatic nitrogens is 1. The highest BCUT2D eigenvalue weighted by atomic mass is 32.2. The minimum Gasteiger partial charge on any atom is -0.465 e. The molecule has 0 aliphatic carbocycles. The number of aliphatic hydroxyl groups excluding tert-OH is 1. The van der Waals surface area contributed by atoms with Crippen LogP contribution < -0.4 is 10.6 Å². The summed E-state index contributed by atoms with van der Waals surface area (Å²) in [6, 6.07) is 34.3. The van der Waals surface area contributed by atoms with Gasteiger partial charge in [-0.2, -0.15) is 0 Å². The van der Waals surface area contributed by atoms with Crippen molar-refractivity contribution in [3.8, 4) is 22.6 Å². The van der Waals surface area contributed by atoms with Crippen LogP contribution in [0.1, 0.15) is 42.4 Å². The topological polar surface area (TPSA) is 132 Å². The second kappa shape index (κ2) is 16.4. The van der Waals surface area contributed by atoms with Gasteiger partial charge in [-0.1, -0.05) is 109 Å². The maximum atomic E-state index is 12.4. The molecule has 1 saturated heterocycles. The molecule has 252 valence electrons. The van der Waals surface area contributed by atoms with Crippen molar-refractivity contribution in [2.75, 3.05) is 24.2 Å². The number of carbonyl (C=O) groups excluding carboxylic acids is 2. The van der Waals surface area contributed by atoms with E-state index in [1.807, 2.05) is 91.0 Å². The Bertz CT molecular complexity index is 1780. The summed E-state index contributed by atoms with van der Waals surface area (Å²) in [6.45, 7) is 1.65. The predicted octanol–water partition coefficient (Wildman–Crippen LogP) is 7.52. The molecular weight excluding hydrogens is 642 g/mol. The molecule has 1 aromatic heterocycles. The molecule has 3 N–H and O–H groups in total. The third-order valence-electron chi connectivity index (χ3n) is 7.81. The van der Waals surface area contributed by atoms with E-state index in [4.69, 9.17) is 23.6 Å². The van der Waals surface area contributed by atoms with Gasteiger partial charge < -0.3 is 34.4 Å². The van der Waals surface area contributed by atoms with Crippen LogP contribution in [0.4, 0.5) is 10.5 Å². The Labute approximate surface area is 288 Å². The molecule has 6 rings (SSSR count). The van der Waals surface area contributed by atoms with Gasteiger partial charge in [-0.25, -0.2) is 9.78 Å². The van der Waals surface area contributed by atoms with Crippen molar-refractivity contribution in [2.45, 2.75) is 43.7 Å². The van der Waals surface area contributed by atoms with Crippen molar-refractivity contribution >= 4 is 29.4 Å². The second-order valence-corrected chi connectivity index (χ2v) is 12.3. The zero-order chi connectivity index (χ0) is 34.0. The molecule has 0 saturated carbocycles. The third-order valence-corrected chi connectivity index (χ3v) is 8.77. The number of amides is 2. The van der Waals surface area contributed by atoms with Gasteiger partial charge in [0.05, 0.1) is 25.4 Å². The highest BCUT2D eigenvalue weighted by Gasteiger charge is 2.33. The first-order chi connectivity index (χ1) is 24.0. The van der Waals surface area contributed by atoms with Crippen molar-refractivity contribution in [1.29, 1.82) is 0 Å². The van der Waals surface area contributed by atoms with Gasteiger partial charge in [-0.15, -0.1) is 0 Å². The summed E-state index contributed by atoms with van der Waals surface area (Å²) in [4.78, 5) is 29.0. The van der Waals surface area contributed by atoms with E-state index < -0.39 is 18.3 Å². The van der Waals surface area contributed by atoms with E-state index in [0.717, 1.165) is 27.9 Å². The van der Waals surface area contributed by atoms with Crippen LogP contribution in [0.2, 0.25) is 0 Å². The molecule has 3 atom stereocenters. The number of ether oxygens (including phenoxy) is 3. The van der Waals surface area contributed by atoms with Gasteiger partial charge in [0, 0.05) is 34.6 Å². The lowest BCUT2D eigenvalue weighted by atomic mass is 10.0. The van der Waals surface area contributed by atoms with Crippen molar-refractivity contribution < 1.29 is 33.3 Å². The first-order valence-electron chi connectivity index (χ1n) is 16.0. The van der Waals surface area contributed by atoms with E-state index in [1.54, 1.807) is 25.1 Å². The molecule has 4 aromatic carbocycles. The molecule has 1 fully saturated rings. The van der Waals surface area contributed by atoms with Crippen molar-refractivity contribution in [1.82, 2.24) is 10.3 Å². The minimum absolute atomic E-state index is 0.0456. The van der Waals surface area contributed by atoms with Gasteiger partial charge in [0.15, 0.2) is 12.1 Å². The SMILES string of the molecule is CCOC(=O)CNC(=O)Nc1cccc([C@H]2O[C@@H](CSc3nc(-c4ccccc4)c(-c4ccccc4)o3)C[C@@H](c3ccc(CO)cc3)O2)c1. The Morgan fingerprint density at radius 3 is 2.35 bits per heavy atom. The van der Waals surface area contributed by atoms with Crippen molar-refractivity contribution in [3.63, 3.8) is 0 Å². The highest BCUT2D eigenvalue weighted by Crippen LogP contribution is 2.41. The molecule has 5 aromatic rings. The number of urea groups is 1. The van der Waals surface area contributed by atoms with Crippen LogP contribution in [-0.2, 0) is 25.6 Å². The number of anilines is 1. The number of benzene rings is 4. The van der Waals surface area contributed by atoms with E-state index >= 15 is 0 Å². The zero-order valence-corrected chi connectivity index (χ0v) is 27.7. The lowest BCUT2D eigenvalue weighted by molar-refractivity contribution is -0.245. The smallest absolute Gasteiger partial charge is 0.325 e. The quantitative estimate of drug-likeness (QED) is 0.0905. The van der Waals surface area contributed by atoms with E-state index in [0.29, 0.717) is 34.4 Å².